The zero-order valence-corrected chi connectivity index (χ0v) is 27.2. The van der Waals surface area contributed by atoms with E-state index in [0.717, 1.165) is 12.8 Å². The Morgan fingerprint density at radius 3 is 1.68 bits per heavy atom. The van der Waals surface area contributed by atoms with Gasteiger partial charge >= 0.3 is 0 Å². The Labute approximate surface area is 251 Å². The van der Waals surface area contributed by atoms with Crippen molar-refractivity contribution in [3.63, 3.8) is 0 Å². The maximum atomic E-state index is 10.1. The molecular formula is C40H52O. The third-order valence-corrected chi connectivity index (χ3v) is 7.77. The van der Waals surface area contributed by atoms with Gasteiger partial charge in [0.1, 0.15) is 0 Å². The number of rotatable bonds is 10. The van der Waals surface area contributed by atoms with Crippen molar-refractivity contribution in [3.05, 3.63) is 147 Å². The van der Waals surface area contributed by atoms with Gasteiger partial charge in [-0.15, -0.1) is 0 Å². The van der Waals surface area contributed by atoms with Gasteiger partial charge in [0, 0.05) is 0 Å². The second kappa shape index (κ2) is 16.1. The monoisotopic (exact) mass is 548 g/mol. The van der Waals surface area contributed by atoms with Crippen molar-refractivity contribution in [1.82, 2.24) is 0 Å². The van der Waals surface area contributed by atoms with Gasteiger partial charge in [-0.25, -0.2) is 0 Å². The number of aryl methyl sites for hydroxylation is 2. The van der Waals surface area contributed by atoms with E-state index in [2.05, 4.69) is 166 Å². The lowest BCUT2D eigenvalue weighted by molar-refractivity contribution is 0.116. The number of benzene rings is 1. The smallest absolute Gasteiger partial charge is 0.0585 e. The molecule has 0 amide bonds. The van der Waals surface area contributed by atoms with Crippen molar-refractivity contribution in [3.8, 4) is 0 Å². The van der Waals surface area contributed by atoms with Crippen LogP contribution in [0.2, 0.25) is 0 Å². The Morgan fingerprint density at radius 1 is 0.683 bits per heavy atom. The van der Waals surface area contributed by atoms with Crippen LogP contribution in [0.3, 0.4) is 0 Å². The Hall–Kier alpha value is -3.42. The van der Waals surface area contributed by atoms with E-state index >= 15 is 0 Å². The first-order chi connectivity index (χ1) is 19.3. The van der Waals surface area contributed by atoms with Gasteiger partial charge in [-0.1, -0.05) is 139 Å². The van der Waals surface area contributed by atoms with Crippen LogP contribution in [0.5, 0.6) is 0 Å². The first kappa shape index (κ1) is 33.8. The molecule has 218 valence electrons. The minimum absolute atomic E-state index is 0.00990. The fourth-order valence-corrected chi connectivity index (χ4v) is 5.18. The maximum absolute atomic E-state index is 10.1. The summed E-state index contributed by atoms with van der Waals surface area (Å²) in [4.78, 5) is 0. The van der Waals surface area contributed by atoms with Crippen LogP contribution in [-0.4, -0.2) is 11.2 Å². The molecule has 1 aliphatic rings. The standard InChI is InChI=1S/C40H52O/c1-29(17-13-19-31(3)21-25-38-34(6)24-23-33(5)36(38)8)15-11-12-16-30(2)18-14-20-32(4)22-26-39-35(7)27-37(41)28-40(39,9)10/h11-26,37,41H,27-28H2,1-10H3/b12-11+,17-13+,18-14?,25-21+,26-22?,29-15+,30-16?,31-19+,32-20?. The van der Waals surface area contributed by atoms with Crippen LogP contribution >= 0.6 is 0 Å². The molecule has 1 aromatic rings. The van der Waals surface area contributed by atoms with Gasteiger partial charge in [0.05, 0.1) is 6.10 Å². The maximum Gasteiger partial charge on any atom is 0.0585 e. The summed E-state index contributed by atoms with van der Waals surface area (Å²) in [6.45, 7) is 21.6. The molecular weight excluding hydrogens is 496 g/mol. The van der Waals surface area contributed by atoms with Gasteiger partial charge in [-0.05, 0) is 101 Å². The zero-order chi connectivity index (χ0) is 30.6. The van der Waals surface area contributed by atoms with Crippen LogP contribution in [-0.2, 0) is 0 Å². The second-order valence-electron chi connectivity index (χ2n) is 12.3. The van der Waals surface area contributed by atoms with Crippen molar-refractivity contribution >= 4 is 6.08 Å². The minimum atomic E-state index is -0.223. The molecule has 1 N–H and O–H groups in total. The van der Waals surface area contributed by atoms with Gasteiger partial charge in [0.15, 0.2) is 0 Å². The summed E-state index contributed by atoms with van der Waals surface area (Å²) in [5.74, 6) is 0. The minimum Gasteiger partial charge on any atom is -0.393 e. The van der Waals surface area contributed by atoms with E-state index in [9.17, 15) is 5.11 Å². The largest absolute Gasteiger partial charge is 0.393 e. The van der Waals surface area contributed by atoms with Crippen LogP contribution in [0, 0.1) is 26.2 Å². The molecule has 41 heavy (non-hydrogen) atoms. The van der Waals surface area contributed by atoms with E-state index in [-0.39, 0.29) is 11.5 Å². The summed E-state index contributed by atoms with van der Waals surface area (Å²) in [5.41, 5.74) is 12.8. The molecule has 2 rings (SSSR count). The first-order valence-corrected chi connectivity index (χ1v) is 14.8. The molecule has 0 aliphatic heterocycles. The Kier molecular flexibility index (Phi) is 13.3. The molecule has 0 spiro atoms. The van der Waals surface area contributed by atoms with Crippen molar-refractivity contribution in [2.45, 2.75) is 88.2 Å². The predicted molar refractivity (Wildman–Crippen MR) is 183 cm³/mol. The number of hydrogen-bond donors (Lipinski definition) is 1. The molecule has 1 unspecified atom stereocenters. The predicted octanol–water partition coefficient (Wildman–Crippen LogP) is 11.1. The van der Waals surface area contributed by atoms with Gasteiger partial charge < -0.3 is 5.11 Å². The highest BCUT2D eigenvalue weighted by Gasteiger charge is 2.31. The van der Waals surface area contributed by atoms with Crippen LogP contribution in [0.15, 0.2) is 125 Å². The van der Waals surface area contributed by atoms with Gasteiger partial charge in [0.2, 0.25) is 0 Å². The van der Waals surface area contributed by atoms with Crippen LogP contribution in [0.4, 0.5) is 0 Å². The Balaban J connectivity index is 1.91. The third-order valence-electron chi connectivity index (χ3n) is 7.77. The SMILES string of the molecule is CC(C=CC1=C(C)CC(O)CC1(C)C)=CC=CC(C)=C/C=C/C=C(C)/C=C/C=C(C)/C=C/c1c(C)ccc(C)c1C. The van der Waals surface area contributed by atoms with Crippen LogP contribution in [0.1, 0.15) is 83.6 Å². The first-order valence-electron chi connectivity index (χ1n) is 14.8. The summed E-state index contributed by atoms with van der Waals surface area (Å²) >= 11 is 0. The lowest BCUT2D eigenvalue weighted by atomic mass is 9.71. The Bertz CT molecular complexity index is 1370. The molecule has 0 aromatic heterocycles. The topological polar surface area (TPSA) is 20.2 Å². The number of allylic oxidation sites excluding steroid dienone is 18. The molecule has 0 radical (unpaired) electrons. The number of aliphatic hydroxyl groups excluding tert-OH is 1. The molecule has 1 nitrogen and oxygen atoms in total. The van der Waals surface area contributed by atoms with E-state index in [1.165, 1.54) is 55.7 Å². The quantitative estimate of drug-likeness (QED) is 0.288. The normalized spacial score (nSPS) is 19.8. The molecule has 1 atom stereocenters. The van der Waals surface area contributed by atoms with E-state index in [1.54, 1.807) is 0 Å². The van der Waals surface area contributed by atoms with E-state index in [4.69, 9.17) is 0 Å². The third kappa shape index (κ3) is 11.5. The highest BCUT2D eigenvalue weighted by molar-refractivity contribution is 5.61. The average Bonchev–Trinajstić information content (AvgIpc) is 2.87. The number of aliphatic hydroxyl groups is 1. The van der Waals surface area contributed by atoms with Crippen molar-refractivity contribution in [2.24, 2.45) is 5.41 Å². The van der Waals surface area contributed by atoms with E-state index in [0.29, 0.717) is 0 Å². The highest BCUT2D eigenvalue weighted by Crippen LogP contribution is 2.41. The summed E-state index contributed by atoms with van der Waals surface area (Å²) in [6.07, 6.45) is 31.4. The summed E-state index contributed by atoms with van der Waals surface area (Å²) in [6, 6.07) is 4.38. The fraction of sp³-hybridized carbons (Fsp3) is 0.350. The molecule has 1 aromatic carbocycles. The van der Waals surface area contributed by atoms with Gasteiger partial charge in [-0.2, -0.15) is 0 Å². The Morgan fingerprint density at radius 2 is 1.15 bits per heavy atom. The lowest BCUT2D eigenvalue weighted by Gasteiger charge is -2.35. The number of hydrogen-bond acceptors (Lipinski definition) is 1. The molecule has 0 heterocycles. The summed E-state index contributed by atoms with van der Waals surface area (Å²) < 4.78 is 0. The lowest BCUT2D eigenvalue weighted by Crippen LogP contribution is -2.28. The molecule has 0 saturated carbocycles. The van der Waals surface area contributed by atoms with E-state index < -0.39 is 0 Å². The van der Waals surface area contributed by atoms with Gasteiger partial charge in [0.25, 0.3) is 0 Å². The van der Waals surface area contributed by atoms with Crippen molar-refractivity contribution in [1.29, 1.82) is 0 Å². The zero-order valence-electron chi connectivity index (χ0n) is 27.2. The fourth-order valence-electron chi connectivity index (χ4n) is 5.18. The average molecular weight is 549 g/mol. The molecule has 1 aliphatic carbocycles. The van der Waals surface area contributed by atoms with Gasteiger partial charge in [-0.3, -0.25) is 0 Å². The van der Waals surface area contributed by atoms with Crippen molar-refractivity contribution in [2.75, 3.05) is 0 Å². The molecule has 0 saturated heterocycles. The van der Waals surface area contributed by atoms with Crippen LogP contribution in [0.25, 0.3) is 6.08 Å². The van der Waals surface area contributed by atoms with Crippen LogP contribution < -0.4 is 0 Å². The molecule has 0 bridgehead atoms. The molecule has 0 fully saturated rings. The second-order valence-corrected chi connectivity index (χ2v) is 12.3. The molecule has 1 heteroatoms. The summed E-state index contributed by atoms with van der Waals surface area (Å²) in [5, 5.41) is 10.1. The highest BCUT2D eigenvalue weighted by atomic mass is 16.3. The summed E-state index contributed by atoms with van der Waals surface area (Å²) in [7, 11) is 0. The van der Waals surface area contributed by atoms with E-state index in [1.807, 2.05) is 0 Å². The van der Waals surface area contributed by atoms with Crippen molar-refractivity contribution < 1.29 is 5.11 Å².